The zero-order valence-electron chi connectivity index (χ0n) is 15.4. The SMILES string of the molecule is Cc1nc2n(n1)[C@H](c1ccc(Cl)cc1)C1=C(C[C@H](c3ccccc3)CC1=O)N2. The van der Waals surface area contributed by atoms with Crippen LogP contribution in [0.5, 0.6) is 0 Å². The summed E-state index contributed by atoms with van der Waals surface area (Å²) in [5, 5.41) is 8.61. The quantitative estimate of drug-likeness (QED) is 0.691. The van der Waals surface area contributed by atoms with Gasteiger partial charge in [-0.15, -0.1) is 0 Å². The normalized spacial score (nSPS) is 21.1. The number of ketones is 1. The van der Waals surface area contributed by atoms with Crippen LogP contribution in [0.15, 0.2) is 65.9 Å². The van der Waals surface area contributed by atoms with Crippen molar-refractivity contribution < 1.29 is 4.79 Å². The Morgan fingerprint density at radius 2 is 1.79 bits per heavy atom. The van der Waals surface area contributed by atoms with Crippen molar-refractivity contribution in [3.63, 3.8) is 0 Å². The molecule has 1 aliphatic heterocycles. The van der Waals surface area contributed by atoms with E-state index in [-0.39, 0.29) is 17.7 Å². The molecule has 0 unspecified atom stereocenters. The summed E-state index contributed by atoms with van der Waals surface area (Å²) in [4.78, 5) is 17.8. The highest BCUT2D eigenvalue weighted by Crippen LogP contribution is 2.44. The molecular weight excluding hydrogens is 372 g/mol. The lowest BCUT2D eigenvalue weighted by Gasteiger charge is -2.35. The van der Waals surface area contributed by atoms with E-state index in [1.807, 2.05) is 54.1 Å². The first-order chi connectivity index (χ1) is 13.6. The summed E-state index contributed by atoms with van der Waals surface area (Å²) in [6.45, 7) is 1.86. The maximum absolute atomic E-state index is 13.3. The summed E-state index contributed by atoms with van der Waals surface area (Å²) in [6, 6.07) is 17.6. The second-order valence-corrected chi connectivity index (χ2v) is 7.77. The van der Waals surface area contributed by atoms with Crippen LogP contribution in [0.2, 0.25) is 5.02 Å². The molecule has 5 rings (SSSR count). The molecule has 1 aliphatic carbocycles. The van der Waals surface area contributed by atoms with Crippen molar-refractivity contribution in [1.82, 2.24) is 14.8 Å². The maximum atomic E-state index is 13.3. The molecule has 0 amide bonds. The predicted octanol–water partition coefficient (Wildman–Crippen LogP) is 4.66. The number of nitrogens with one attached hydrogen (secondary N) is 1. The summed E-state index contributed by atoms with van der Waals surface area (Å²) in [5.74, 6) is 1.67. The summed E-state index contributed by atoms with van der Waals surface area (Å²) >= 11 is 6.08. The second-order valence-electron chi connectivity index (χ2n) is 7.34. The van der Waals surface area contributed by atoms with Crippen LogP contribution in [0.25, 0.3) is 0 Å². The van der Waals surface area contributed by atoms with Gasteiger partial charge in [0, 0.05) is 22.7 Å². The topological polar surface area (TPSA) is 59.8 Å². The van der Waals surface area contributed by atoms with Crippen LogP contribution in [0.3, 0.4) is 0 Å². The van der Waals surface area contributed by atoms with E-state index in [0.29, 0.717) is 23.2 Å². The van der Waals surface area contributed by atoms with E-state index >= 15 is 0 Å². The minimum absolute atomic E-state index is 0.154. The van der Waals surface area contributed by atoms with Gasteiger partial charge in [0.1, 0.15) is 11.9 Å². The molecule has 2 atom stereocenters. The number of hydrogen-bond acceptors (Lipinski definition) is 4. The molecule has 0 bridgehead atoms. The van der Waals surface area contributed by atoms with Gasteiger partial charge in [-0.05, 0) is 42.5 Å². The Bertz CT molecular complexity index is 1090. The number of carbonyl (C=O) groups excluding carboxylic acids is 1. The molecule has 140 valence electrons. The highest BCUT2D eigenvalue weighted by molar-refractivity contribution is 6.30. The van der Waals surface area contributed by atoms with Crippen LogP contribution in [-0.2, 0) is 4.79 Å². The third-order valence-corrected chi connectivity index (χ3v) is 5.73. The monoisotopic (exact) mass is 390 g/mol. The number of fused-ring (bicyclic) bond motifs is 1. The molecule has 6 heteroatoms. The van der Waals surface area contributed by atoms with Crippen LogP contribution < -0.4 is 5.32 Å². The van der Waals surface area contributed by atoms with Crippen LogP contribution in [0.1, 0.15) is 41.8 Å². The van der Waals surface area contributed by atoms with Gasteiger partial charge in [-0.2, -0.15) is 10.1 Å². The van der Waals surface area contributed by atoms with Gasteiger partial charge in [-0.1, -0.05) is 54.1 Å². The van der Waals surface area contributed by atoms with Crippen molar-refractivity contribution in [3.05, 3.63) is 87.8 Å². The third-order valence-electron chi connectivity index (χ3n) is 5.48. The van der Waals surface area contributed by atoms with E-state index in [1.165, 1.54) is 5.56 Å². The number of aromatic nitrogens is 3. The molecule has 2 aromatic carbocycles. The Morgan fingerprint density at radius 1 is 1.04 bits per heavy atom. The molecule has 2 heterocycles. The van der Waals surface area contributed by atoms with Crippen molar-refractivity contribution >= 4 is 23.3 Å². The highest BCUT2D eigenvalue weighted by atomic mass is 35.5. The van der Waals surface area contributed by atoms with Crippen molar-refractivity contribution in [2.24, 2.45) is 0 Å². The van der Waals surface area contributed by atoms with Gasteiger partial charge in [-0.25, -0.2) is 4.68 Å². The van der Waals surface area contributed by atoms with Crippen LogP contribution >= 0.6 is 11.6 Å². The Balaban J connectivity index is 1.62. The fourth-order valence-electron chi connectivity index (χ4n) is 4.23. The molecule has 0 saturated heterocycles. The predicted molar refractivity (Wildman–Crippen MR) is 108 cm³/mol. The van der Waals surface area contributed by atoms with Crippen molar-refractivity contribution in [2.45, 2.75) is 31.7 Å². The zero-order chi connectivity index (χ0) is 19.3. The molecular formula is C22H19ClN4O. The van der Waals surface area contributed by atoms with Gasteiger partial charge in [0.15, 0.2) is 5.78 Å². The third kappa shape index (κ3) is 2.83. The molecule has 5 nitrogen and oxygen atoms in total. The van der Waals surface area contributed by atoms with Crippen molar-refractivity contribution in [3.8, 4) is 0 Å². The van der Waals surface area contributed by atoms with Gasteiger partial charge in [0.05, 0.1) is 0 Å². The minimum atomic E-state index is -0.283. The summed E-state index contributed by atoms with van der Waals surface area (Å²) in [5.41, 5.74) is 3.91. The van der Waals surface area contributed by atoms with E-state index in [0.717, 1.165) is 23.3 Å². The van der Waals surface area contributed by atoms with Crippen LogP contribution in [-0.4, -0.2) is 20.5 Å². The van der Waals surface area contributed by atoms with Crippen molar-refractivity contribution in [1.29, 1.82) is 0 Å². The van der Waals surface area contributed by atoms with Gasteiger partial charge in [0.25, 0.3) is 0 Å². The number of allylic oxidation sites excluding steroid dienone is 2. The molecule has 0 spiro atoms. The molecule has 0 fully saturated rings. The Morgan fingerprint density at radius 3 is 2.54 bits per heavy atom. The number of Topliss-reactive ketones (excluding diaryl/α,β-unsaturated/α-hetero) is 1. The lowest BCUT2D eigenvalue weighted by Crippen LogP contribution is -2.33. The average molecular weight is 391 g/mol. The summed E-state index contributed by atoms with van der Waals surface area (Å²) in [7, 11) is 0. The standard InChI is InChI=1S/C22H19ClN4O/c1-13-24-22-25-18-11-16(14-5-3-2-4-6-14)12-19(28)20(18)21(27(22)26-13)15-7-9-17(23)10-8-15/h2-10,16,21H,11-12H2,1H3,(H,24,25,26)/t16-,21+/m0/s1. The molecule has 1 aromatic heterocycles. The Labute approximate surface area is 168 Å². The zero-order valence-corrected chi connectivity index (χ0v) is 16.1. The van der Waals surface area contributed by atoms with Crippen molar-refractivity contribution in [2.75, 3.05) is 5.32 Å². The number of benzene rings is 2. The Kier molecular flexibility index (Phi) is 4.05. The minimum Gasteiger partial charge on any atom is -0.328 e. The fraction of sp³-hybridized carbons (Fsp3) is 0.227. The Hall–Kier alpha value is -2.92. The number of anilines is 1. The summed E-state index contributed by atoms with van der Waals surface area (Å²) in [6.07, 6.45) is 1.28. The highest BCUT2D eigenvalue weighted by Gasteiger charge is 2.39. The number of carbonyl (C=O) groups is 1. The van der Waals surface area contributed by atoms with Crippen LogP contribution in [0, 0.1) is 6.92 Å². The molecule has 0 radical (unpaired) electrons. The van der Waals surface area contributed by atoms with Gasteiger partial charge in [0.2, 0.25) is 5.95 Å². The molecule has 0 saturated carbocycles. The molecule has 2 aliphatic rings. The smallest absolute Gasteiger partial charge is 0.226 e. The van der Waals surface area contributed by atoms with Gasteiger partial charge < -0.3 is 5.32 Å². The van der Waals surface area contributed by atoms with E-state index < -0.39 is 0 Å². The lowest BCUT2D eigenvalue weighted by molar-refractivity contribution is -0.116. The summed E-state index contributed by atoms with van der Waals surface area (Å²) < 4.78 is 1.82. The second kappa shape index (κ2) is 6.60. The molecule has 3 aromatic rings. The van der Waals surface area contributed by atoms with Gasteiger partial charge >= 0.3 is 0 Å². The molecule has 28 heavy (non-hydrogen) atoms. The first-order valence-electron chi connectivity index (χ1n) is 9.37. The lowest BCUT2D eigenvalue weighted by atomic mass is 9.78. The largest absolute Gasteiger partial charge is 0.328 e. The average Bonchev–Trinajstić information content (AvgIpc) is 3.07. The van der Waals surface area contributed by atoms with E-state index in [1.54, 1.807) is 0 Å². The van der Waals surface area contributed by atoms with Crippen LogP contribution in [0.4, 0.5) is 5.95 Å². The van der Waals surface area contributed by atoms with E-state index in [9.17, 15) is 4.79 Å². The molecule has 1 N–H and O–H groups in total. The number of rotatable bonds is 2. The first-order valence-corrected chi connectivity index (χ1v) is 9.75. The number of nitrogens with zero attached hydrogens (tertiary/aromatic N) is 3. The number of hydrogen-bond donors (Lipinski definition) is 1. The number of halogens is 1. The maximum Gasteiger partial charge on any atom is 0.226 e. The van der Waals surface area contributed by atoms with Gasteiger partial charge in [-0.3, -0.25) is 4.79 Å². The first kappa shape index (κ1) is 17.2. The van der Waals surface area contributed by atoms with E-state index in [4.69, 9.17) is 11.6 Å². The fourth-order valence-corrected chi connectivity index (χ4v) is 4.36. The van der Waals surface area contributed by atoms with E-state index in [2.05, 4.69) is 27.5 Å². The number of aryl methyl sites for hydroxylation is 1.